The molecule has 0 bridgehead atoms. The first-order valence-corrected chi connectivity index (χ1v) is 9.02. The van der Waals surface area contributed by atoms with Gasteiger partial charge in [-0.05, 0) is 29.4 Å². The van der Waals surface area contributed by atoms with Crippen LogP contribution in [0.4, 0.5) is 0 Å². The highest BCUT2D eigenvalue weighted by Gasteiger charge is 2.24. The van der Waals surface area contributed by atoms with Crippen molar-refractivity contribution in [3.8, 4) is 11.3 Å². The Morgan fingerprint density at radius 1 is 1.17 bits per heavy atom. The van der Waals surface area contributed by atoms with Gasteiger partial charge in [0.05, 0.1) is 5.69 Å². The summed E-state index contributed by atoms with van der Waals surface area (Å²) in [7, 11) is 0. The van der Waals surface area contributed by atoms with Gasteiger partial charge in [0.1, 0.15) is 6.33 Å². The quantitative estimate of drug-likeness (QED) is 0.714. The summed E-state index contributed by atoms with van der Waals surface area (Å²) in [5.41, 5.74) is 4.72. The Morgan fingerprint density at radius 3 is 2.87 bits per heavy atom. The van der Waals surface area contributed by atoms with Gasteiger partial charge in [-0.15, -0.1) is 5.10 Å². The second kappa shape index (κ2) is 6.13. The Kier molecular flexibility index (Phi) is 3.84. The molecule has 0 N–H and O–H groups in total. The monoisotopic (exact) mass is 343 g/mol. The lowest BCUT2D eigenvalue weighted by atomic mass is 10.0. The molecule has 4 heterocycles. The van der Waals surface area contributed by atoms with Crippen LogP contribution in [0, 0.1) is 0 Å². The highest BCUT2D eigenvalue weighted by atomic mass is 32.1. The van der Waals surface area contributed by atoms with E-state index in [-0.39, 0.29) is 5.91 Å². The van der Waals surface area contributed by atoms with Crippen molar-refractivity contribution in [1.29, 1.82) is 0 Å². The lowest BCUT2D eigenvalue weighted by Crippen LogP contribution is -2.33. The van der Waals surface area contributed by atoms with Crippen LogP contribution in [0.5, 0.6) is 0 Å². The first-order valence-electron chi connectivity index (χ1n) is 7.24. The van der Waals surface area contributed by atoms with Crippen molar-refractivity contribution in [2.45, 2.75) is 12.8 Å². The summed E-state index contributed by atoms with van der Waals surface area (Å²) in [6.45, 7) is 1.29. The summed E-state index contributed by atoms with van der Waals surface area (Å²) in [6, 6.07) is 2.07. The normalized spacial score (nSPS) is 14.3. The molecule has 0 aliphatic carbocycles. The highest BCUT2D eigenvalue weighted by molar-refractivity contribution is 7.08. The fourth-order valence-corrected chi connectivity index (χ4v) is 3.87. The van der Waals surface area contributed by atoms with Crippen LogP contribution in [0.25, 0.3) is 11.3 Å². The molecule has 116 valence electrons. The molecule has 8 heteroatoms. The van der Waals surface area contributed by atoms with Gasteiger partial charge in [0.25, 0.3) is 5.91 Å². The van der Waals surface area contributed by atoms with Gasteiger partial charge in [0.2, 0.25) is 0 Å². The fraction of sp³-hybridized carbons (Fsp3) is 0.267. The Balaban J connectivity index is 1.62. The molecule has 3 aromatic heterocycles. The van der Waals surface area contributed by atoms with Crippen molar-refractivity contribution in [1.82, 2.24) is 24.5 Å². The number of rotatable bonds is 2. The summed E-state index contributed by atoms with van der Waals surface area (Å²) in [5, 5.41) is 9.71. The molecule has 0 unspecified atom stereocenters. The van der Waals surface area contributed by atoms with Crippen LogP contribution in [-0.4, -0.2) is 43.5 Å². The lowest BCUT2D eigenvalue weighted by molar-refractivity contribution is 0.0757. The topological polar surface area (TPSA) is 71.9 Å². The van der Waals surface area contributed by atoms with E-state index < -0.39 is 0 Å². The third-order valence-electron chi connectivity index (χ3n) is 3.95. The summed E-state index contributed by atoms with van der Waals surface area (Å²) in [6.07, 6.45) is 3.11. The SMILES string of the molecule is O=C(c1csnn1)N1CCc2ncnc(-c3ccsc3)c2CC1. The molecular weight excluding hydrogens is 330 g/mol. The number of aromatic nitrogens is 4. The van der Waals surface area contributed by atoms with Crippen LogP contribution >= 0.6 is 22.9 Å². The minimum atomic E-state index is -0.0587. The van der Waals surface area contributed by atoms with E-state index in [1.807, 2.05) is 10.3 Å². The van der Waals surface area contributed by atoms with E-state index >= 15 is 0 Å². The Hall–Kier alpha value is -2.19. The molecule has 0 saturated heterocycles. The zero-order chi connectivity index (χ0) is 15.6. The molecule has 0 radical (unpaired) electrons. The molecule has 6 nitrogen and oxygen atoms in total. The minimum Gasteiger partial charge on any atom is -0.337 e. The van der Waals surface area contributed by atoms with E-state index in [1.165, 1.54) is 11.5 Å². The average molecular weight is 343 g/mol. The lowest BCUT2D eigenvalue weighted by Gasteiger charge is -2.18. The number of hydrogen-bond acceptors (Lipinski definition) is 7. The Labute approximate surface area is 141 Å². The van der Waals surface area contributed by atoms with Crippen LogP contribution in [0.3, 0.4) is 0 Å². The zero-order valence-electron chi connectivity index (χ0n) is 12.2. The highest BCUT2D eigenvalue weighted by Crippen LogP contribution is 2.27. The van der Waals surface area contributed by atoms with E-state index in [2.05, 4.69) is 31.0 Å². The molecule has 0 fully saturated rings. The molecule has 1 amide bonds. The van der Waals surface area contributed by atoms with Gasteiger partial charge in [-0.1, -0.05) is 4.49 Å². The third-order valence-corrected chi connectivity index (χ3v) is 5.13. The zero-order valence-corrected chi connectivity index (χ0v) is 13.8. The maximum absolute atomic E-state index is 12.5. The van der Waals surface area contributed by atoms with Crippen molar-refractivity contribution in [2.24, 2.45) is 0 Å². The van der Waals surface area contributed by atoms with E-state index in [9.17, 15) is 4.79 Å². The number of fused-ring (bicyclic) bond motifs is 1. The molecule has 1 aliphatic rings. The molecule has 4 rings (SSSR count). The van der Waals surface area contributed by atoms with Gasteiger partial charge in [-0.3, -0.25) is 4.79 Å². The smallest absolute Gasteiger partial charge is 0.275 e. The van der Waals surface area contributed by atoms with Crippen LogP contribution < -0.4 is 0 Å². The van der Waals surface area contributed by atoms with Crippen LogP contribution in [0.2, 0.25) is 0 Å². The van der Waals surface area contributed by atoms with Gasteiger partial charge < -0.3 is 4.90 Å². The first kappa shape index (κ1) is 14.4. The second-order valence-corrected chi connectivity index (χ2v) is 6.63. The van der Waals surface area contributed by atoms with Crippen LogP contribution in [-0.2, 0) is 12.8 Å². The number of carbonyl (C=O) groups is 1. The summed E-state index contributed by atoms with van der Waals surface area (Å²) >= 11 is 2.85. The van der Waals surface area contributed by atoms with Crippen molar-refractivity contribution < 1.29 is 4.79 Å². The maximum Gasteiger partial charge on any atom is 0.275 e. The molecule has 0 spiro atoms. The van der Waals surface area contributed by atoms with E-state index in [4.69, 9.17) is 0 Å². The van der Waals surface area contributed by atoms with Crippen LogP contribution in [0.15, 0.2) is 28.5 Å². The molecule has 23 heavy (non-hydrogen) atoms. The molecule has 1 aliphatic heterocycles. The number of thiophene rings is 1. The van der Waals surface area contributed by atoms with E-state index in [0.717, 1.165) is 35.4 Å². The summed E-state index contributed by atoms with van der Waals surface area (Å²) in [4.78, 5) is 23.2. The Bertz CT molecular complexity index is 817. The standard InChI is InChI=1S/C15H13N5OS2/c21-15(13-8-23-19-18-13)20-4-1-11-12(2-5-20)16-9-17-14(11)10-3-6-22-7-10/h3,6-9H,1-2,4-5H2. The summed E-state index contributed by atoms with van der Waals surface area (Å²) < 4.78 is 3.77. The second-order valence-electron chi connectivity index (χ2n) is 5.24. The van der Waals surface area contributed by atoms with E-state index in [1.54, 1.807) is 23.0 Å². The minimum absolute atomic E-state index is 0.0587. The Morgan fingerprint density at radius 2 is 2.09 bits per heavy atom. The number of hydrogen-bond donors (Lipinski definition) is 0. The number of carbonyl (C=O) groups excluding carboxylic acids is 1. The molecule has 0 saturated carbocycles. The molecular formula is C15H13N5OS2. The average Bonchev–Trinajstić information content (AvgIpc) is 3.24. The number of nitrogens with zero attached hydrogens (tertiary/aromatic N) is 5. The van der Waals surface area contributed by atoms with Crippen molar-refractivity contribution in [2.75, 3.05) is 13.1 Å². The van der Waals surface area contributed by atoms with Crippen molar-refractivity contribution >= 4 is 28.8 Å². The van der Waals surface area contributed by atoms with Crippen LogP contribution in [0.1, 0.15) is 21.7 Å². The van der Waals surface area contributed by atoms with Gasteiger partial charge in [-0.25, -0.2) is 9.97 Å². The maximum atomic E-state index is 12.5. The predicted molar refractivity (Wildman–Crippen MR) is 88.6 cm³/mol. The van der Waals surface area contributed by atoms with E-state index in [0.29, 0.717) is 18.8 Å². The summed E-state index contributed by atoms with van der Waals surface area (Å²) in [5.74, 6) is -0.0587. The van der Waals surface area contributed by atoms with Gasteiger partial charge in [0, 0.05) is 47.1 Å². The first-order chi connectivity index (χ1) is 11.3. The van der Waals surface area contributed by atoms with Gasteiger partial charge >= 0.3 is 0 Å². The van der Waals surface area contributed by atoms with Gasteiger partial charge in [0.15, 0.2) is 5.69 Å². The van der Waals surface area contributed by atoms with Crippen molar-refractivity contribution in [3.63, 3.8) is 0 Å². The largest absolute Gasteiger partial charge is 0.337 e. The number of amides is 1. The van der Waals surface area contributed by atoms with Crippen molar-refractivity contribution in [3.05, 3.63) is 45.5 Å². The predicted octanol–water partition coefficient (Wildman–Crippen LogP) is 2.30. The van der Waals surface area contributed by atoms with Gasteiger partial charge in [-0.2, -0.15) is 11.3 Å². The molecule has 3 aromatic rings. The molecule has 0 atom stereocenters. The third kappa shape index (κ3) is 2.75. The fourth-order valence-electron chi connectivity index (χ4n) is 2.80. The molecule has 0 aromatic carbocycles.